The maximum atomic E-state index is 11.8. The highest BCUT2D eigenvalue weighted by molar-refractivity contribution is 6.67. The smallest absolute Gasteiger partial charge is 0.386 e. The molecule has 0 fully saturated rings. The van der Waals surface area contributed by atoms with E-state index in [2.05, 4.69) is 9.72 Å². The summed E-state index contributed by atoms with van der Waals surface area (Å²) in [5, 5.41) is -1.37. The quantitative estimate of drug-likeness (QED) is 0.767. The molecule has 3 nitrogen and oxygen atoms in total. The molecule has 82 valence electrons. The minimum atomic E-state index is -4.93. The number of nitrogens with zero attached hydrogens (tertiary/aromatic N) is 1. The molecule has 0 bridgehead atoms. The predicted molar refractivity (Wildman–Crippen MR) is 46.1 cm³/mol. The lowest BCUT2D eigenvalue weighted by atomic mass is 10.4. The van der Waals surface area contributed by atoms with Crippen LogP contribution in [0.2, 0.25) is 5.02 Å². The summed E-state index contributed by atoms with van der Waals surface area (Å²) in [6.07, 6.45) is -4.93. The number of pyridine rings is 1. The molecule has 0 saturated heterocycles. The first-order valence-electron chi connectivity index (χ1n) is 3.42. The van der Waals surface area contributed by atoms with Crippen molar-refractivity contribution in [2.45, 2.75) is 6.36 Å². The number of ether oxygens (including phenoxy) is 1. The van der Waals surface area contributed by atoms with Gasteiger partial charge in [-0.2, -0.15) is 0 Å². The number of carbonyl (C=O) groups is 1. The highest BCUT2D eigenvalue weighted by Crippen LogP contribution is 2.28. The van der Waals surface area contributed by atoms with Crippen molar-refractivity contribution >= 4 is 28.4 Å². The Morgan fingerprint density at radius 3 is 2.47 bits per heavy atom. The van der Waals surface area contributed by atoms with Gasteiger partial charge in [-0.3, -0.25) is 4.79 Å². The summed E-state index contributed by atoms with van der Waals surface area (Å²) in [7, 11) is 0. The molecule has 0 aliphatic carbocycles. The van der Waals surface area contributed by atoms with Gasteiger partial charge in [-0.15, -0.1) is 13.2 Å². The molecule has 0 saturated carbocycles. The Bertz CT molecular complexity index is 394. The van der Waals surface area contributed by atoms with E-state index >= 15 is 0 Å². The number of hydrogen-bond donors (Lipinski definition) is 0. The first kappa shape index (κ1) is 12.1. The van der Waals surface area contributed by atoms with E-state index in [0.29, 0.717) is 0 Å². The average Bonchev–Trinajstić information content (AvgIpc) is 2.06. The lowest BCUT2D eigenvalue weighted by molar-refractivity contribution is -0.276. The number of halogens is 5. The molecule has 0 atom stereocenters. The Hall–Kier alpha value is -1.01. The molecule has 0 spiro atoms. The van der Waals surface area contributed by atoms with E-state index in [4.69, 9.17) is 23.2 Å². The molecule has 0 N–H and O–H groups in total. The monoisotopic (exact) mass is 259 g/mol. The van der Waals surface area contributed by atoms with Gasteiger partial charge in [0.15, 0.2) is 0 Å². The third-order valence-electron chi connectivity index (χ3n) is 1.23. The third kappa shape index (κ3) is 3.56. The Kier molecular flexibility index (Phi) is 3.41. The van der Waals surface area contributed by atoms with Crippen molar-refractivity contribution in [3.05, 3.63) is 22.8 Å². The van der Waals surface area contributed by atoms with Crippen LogP contribution in [0.4, 0.5) is 13.2 Å². The number of rotatable bonds is 2. The Labute approximate surface area is 91.8 Å². The van der Waals surface area contributed by atoms with Gasteiger partial charge in [0.05, 0.1) is 0 Å². The summed E-state index contributed by atoms with van der Waals surface area (Å²) in [5.41, 5.74) is -0.375. The van der Waals surface area contributed by atoms with Crippen LogP contribution in [-0.2, 0) is 0 Å². The Morgan fingerprint density at radius 2 is 2.00 bits per heavy atom. The first-order valence-corrected chi connectivity index (χ1v) is 4.17. The SMILES string of the molecule is O=C(Cl)c1ccc(Cl)c(OC(F)(F)F)n1. The summed E-state index contributed by atoms with van der Waals surface area (Å²) in [5.74, 6) is -0.907. The molecule has 0 aliphatic heterocycles. The van der Waals surface area contributed by atoms with Crippen molar-refractivity contribution in [1.82, 2.24) is 4.98 Å². The summed E-state index contributed by atoms with van der Waals surface area (Å²) >= 11 is 10.4. The minimum Gasteiger partial charge on any atom is -0.386 e. The summed E-state index contributed by atoms with van der Waals surface area (Å²) in [6.45, 7) is 0. The van der Waals surface area contributed by atoms with Crippen LogP contribution in [0.15, 0.2) is 12.1 Å². The standard InChI is InChI=1S/C7H2Cl2F3NO2/c8-3-1-2-4(5(9)14)13-6(3)15-7(10,11)12/h1-2H. The second kappa shape index (κ2) is 4.24. The second-order valence-corrected chi connectivity index (χ2v) is 3.06. The lowest BCUT2D eigenvalue weighted by Gasteiger charge is -2.09. The molecule has 1 heterocycles. The van der Waals surface area contributed by atoms with Crippen molar-refractivity contribution in [3.8, 4) is 5.88 Å². The third-order valence-corrected chi connectivity index (χ3v) is 1.71. The topological polar surface area (TPSA) is 39.2 Å². The lowest BCUT2D eigenvalue weighted by Crippen LogP contribution is -2.18. The number of aromatic nitrogens is 1. The van der Waals surface area contributed by atoms with Gasteiger partial charge >= 0.3 is 6.36 Å². The van der Waals surface area contributed by atoms with E-state index in [1.165, 1.54) is 0 Å². The van der Waals surface area contributed by atoms with E-state index in [1.807, 2.05) is 0 Å². The minimum absolute atomic E-state index is 0.367. The maximum Gasteiger partial charge on any atom is 0.574 e. The second-order valence-electron chi connectivity index (χ2n) is 2.30. The number of alkyl halides is 3. The van der Waals surface area contributed by atoms with Crippen LogP contribution in [0.3, 0.4) is 0 Å². The zero-order valence-corrected chi connectivity index (χ0v) is 8.32. The fourth-order valence-corrected chi connectivity index (χ4v) is 0.963. The number of carbonyl (C=O) groups excluding carboxylic acids is 1. The van der Waals surface area contributed by atoms with Crippen LogP contribution in [-0.4, -0.2) is 16.6 Å². The van der Waals surface area contributed by atoms with Gasteiger partial charge in [0.1, 0.15) is 10.7 Å². The van der Waals surface area contributed by atoms with Crippen molar-refractivity contribution in [3.63, 3.8) is 0 Å². The van der Waals surface area contributed by atoms with E-state index < -0.39 is 17.5 Å². The largest absolute Gasteiger partial charge is 0.574 e. The Balaban J connectivity index is 3.06. The van der Waals surface area contributed by atoms with E-state index in [1.54, 1.807) is 0 Å². The van der Waals surface area contributed by atoms with Gasteiger partial charge in [0.2, 0.25) is 5.88 Å². The summed E-state index contributed by atoms with van der Waals surface area (Å²) in [4.78, 5) is 13.8. The van der Waals surface area contributed by atoms with Crippen molar-refractivity contribution in [1.29, 1.82) is 0 Å². The molecule has 0 aliphatic rings. The molecule has 15 heavy (non-hydrogen) atoms. The highest BCUT2D eigenvalue weighted by atomic mass is 35.5. The van der Waals surface area contributed by atoms with Crippen LogP contribution >= 0.6 is 23.2 Å². The van der Waals surface area contributed by atoms with E-state index in [0.717, 1.165) is 12.1 Å². The van der Waals surface area contributed by atoms with Crippen molar-refractivity contribution in [2.24, 2.45) is 0 Å². The van der Waals surface area contributed by atoms with Crippen LogP contribution in [0.5, 0.6) is 5.88 Å². The van der Waals surface area contributed by atoms with Gasteiger partial charge in [0.25, 0.3) is 5.24 Å². The molecular weight excluding hydrogens is 258 g/mol. The maximum absolute atomic E-state index is 11.8. The Morgan fingerprint density at radius 1 is 1.40 bits per heavy atom. The normalized spacial score (nSPS) is 11.3. The number of hydrogen-bond acceptors (Lipinski definition) is 3. The molecule has 8 heteroatoms. The van der Waals surface area contributed by atoms with Crippen molar-refractivity contribution < 1.29 is 22.7 Å². The molecule has 0 amide bonds. The molecule has 1 aromatic heterocycles. The molecule has 1 rings (SSSR count). The van der Waals surface area contributed by atoms with Gasteiger partial charge in [-0.1, -0.05) is 11.6 Å². The highest BCUT2D eigenvalue weighted by Gasteiger charge is 2.33. The van der Waals surface area contributed by atoms with Gasteiger partial charge in [-0.05, 0) is 23.7 Å². The molecule has 1 aromatic rings. The van der Waals surface area contributed by atoms with Crippen LogP contribution in [0.1, 0.15) is 10.5 Å². The first-order chi connectivity index (χ1) is 6.79. The van der Waals surface area contributed by atoms with Gasteiger partial charge in [-0.25, -0.2) is 4.98 Å². The van der Waals surface area contributed by atoms with Crippen LogP contribution in [0.25, 0.3) is 0 Å². The fraction of sp³-hybridized carbons (Fsp3) is 0.143. The van der Waals surface area contributed by atoms with Gasteiger partial charge < -0.3 is 4.74 Å². The fourth-order valence-electron chi connectivity index (χ4n) is 0.714. The predicted octanol–water partition coefficient (Wildman–Crippen LogP) is 3.01. The van der Waals surface area contributed by atoms with E-state index in [9.17, 15) is 18.0 Å². The zero-order valence-electron chi connectivity index (χ0n) is 6.81. The molecular formula is C7H2Cl2F3NO2. The van der Waals surface area contributed by atoms with Gasteiger partial charge in [0, 0.05) is 0 Å². The van der Waals surface area contributed by atoms with Crippen LogP contribution in [0, 0.1) is 0 Å². The molecule has 0 radical (unpaired) electrons. The molecule has 0 aromatic carbocycles. The van der Waals surface area contributed by atoms with E-state index in [-0.39, 0.29) is 10.7 Å². The van der Waals surface area contributed by atoms with Crippen LogP contribution < -0.4 is 4.74 Å². The summed E-state index contributed by atoms with van der Waals surface area (Å²) in [6, 6.07) is 2.12. The average molecular weight is 260 g/mol. The summed E-state index contributed by atoms with van der Waals surface area (Å²) < 4.78 is 38.9. The zero-order chi connectivity index (χ0) is 11.6. The van der Waals surface area contributed by atoms with Crippen molar-refractivity contribution in [2.75, 3.05) is 0 Å². The molecule has 0 unspecified atom stereocenters.